The first-order chi connectivity index (χ1) is 9.67. The zero-order valence-corrected chi connectivity index (χ0v) is 11.4. The van der Waals surface area contributed by atoms with Crippen LogP contribution in [0.1, 0.15) is 19.5 Å². The van der Waals surface area contributed by atoms with E-state index in [9.17, 15) is 4.79 Å². The molecule has 0 saturated heterocycles. The molecule has 0 fully saturated rings. The van der Waals surface area contributed by atoms with Crippen molar-refractivity contribution in [1.82, 2.24) is 30.3 Å². The molecule has 2 rings (SSSR count). The van der Waals surface area contributed by atoms with Gasteiger partial charge in [-0.05, 0) is 13.8 Å². The van der Waals surface area contributed by atoms with Crippen LogP contribution in [0.4, 0.5) is 10.6 Å². The van der Waals surface area contributed by atoms with E-state index < -0.39 is 0 Å². The molecule has 2 heterocycles. The molecular formula is C12H17N7O. The van der Waals surface area contributed by atoms with E-state index in [1.165, 1.54) is 0 Å². The average molecular weight is 275 g/mol. The highest BCUT2D eigenvalue weighted by Crippen LogP contribution is 2.01. The number of amides is 2. The van der Waals surface area contributed by atoms with Gasteiger partial charge >= 0.3 is 6.03 Å². The van der Waals surface area contributed by atoms with Crippen molar-refractivity contribution < 1.29 is 4.79 Å². The van der Waals surface area contributed by atoms with Crippen molar-refractivity contribution in [3.8, 4) is 0 Å². The van der Waals surface area contributed by atoms with Gasteiger partial charge in [-0.1, -0.05) is 5.21 Å². The Morgan fingerprint density at radius 1 is 1.45 bits per heavy atom. The number of nitrogens with one attached hydrogen (secondary N) is 2. The molecule has 0 saturated carbocycles. The number of anilines is 1. The number of carbonyl (C=O) groups is 1. The van der Waals surface area contributed by atoms with Crippen molar-refractivity contribution in [2.75, 3.05) is 5.32 Å². The van der Waals surface area contributed by atoms with Crippen LogP contribution in [-0.2, 0) is 13.0 Å². The molecule has 0 unspecified atom stereocenters. The largest absolute Gasteiger partial charge is 0.335 e. The van der Waals surface area contributed by atoms with Crippen LogP contribution in [0.15, 0.2) is 24.8 Å². The minimum Gasteiger partial charge on any atom is -0.335 e. The summed E-state index contributed by atoms with van der Waals surface area (Å²) in [6.45, 7) is 4.55. The number of carbonyl (C=O) groups excluding carboxylic acids is 1. The topological polar surface area (TPSA) is 97.6 Å². The number of aromatic nitrogens is 5. The van der Waals surface area contributed by atoms with Crippen LogP contribution in [0.3, 0.4) is 0 Å². The molecule has 8 nitrogen and oxygen atoms in total. The van der Waals surface area contributed by atoms with Crippen LogP contribution in [0, 0.1) is 0 Å². The van der Waals surface area contributed by atoms with Gasteiger partial charge in [0.25, 0.3) is 0 Å². The Kier molecular flexibility index (Phi) is 4.59. The molecule has 2 aromatic heterocycles. The molecular weight excluding hydrogens is 258 g/mol. The van der Waals surface area contributed by atoms with E-state index >= 15 is 0 Å². The van der Waals surface area contributed by atoms with Crippen LogP contribution in [0.5, 0.6) is 0 Å². The van der Waals surface area contributed by atoms with Crippen molar-refractivity contribution in [1.29, 1.82) is 0 Å². The summed E-state index contributed by atoms with van der Waals surface area (Å²) in [6, 6.07) is -0.377. The molecule has 0 aliphatic heterocycles. The number of hydrogen-bond acceptors (Lipinski definition) is 5. The summed E-state index contributed by atoms with van der Waals surface area (Å²) in [4.78, 5) is 19.9. The molecule has 0 radical (unpaired) electrons. The smallest absolute Gasteiger partial charge is 0.320 e. The maximum absolute atomic E-state index is 11.8. The minimum absolute atomic E-state index is 0.0621. The van der Waals surface area contributed by atoms with Crippen molar-refractivity contribution >= 4 is 11.8 Å². The fraction of sp³-hybridized carbons (Fsp3) is 0.417. The van der Waals surface area contributed by atoms with Crippen LogP contribution >= 0.6 is 0 Å². The summed E-state index contributed by atoms with van der Waals surface area (Å²) in [7, 11) is 0. The first-order valence-electron chi connectivity index (χ1n) is 6.40. The zero-order valence-electron chi connectivity index (χ0n) is 11.4. The molecule has 2 amide bonds. The summed E-state index contributed by atoms with van der Waals surface area (Å²) >= 11 is 0. The van der Waals surface area contributed by atoms with Crippen LogP contribution in [0.25, 0.3) is 0 Å². The monoisotopic (exact) mass is 275 g/mol. The number of nitrogens with zero attached hydrogens (tertiary/aromatic N) is 5. The lowest BCUT2D eigenvalue weighted by Gasteiger charge is -2.12. The summed E-state index contributed by atoms with van der Waals surface area (Å²) in [5.74, 6) is 0.427. The molecule has 2 N–H and O–H groups in total. The Labute approximate surface area is 116 Å². The standard InChI is InChI=1S/C12H17N7O/c1-3-19-8-11(17-18-19)16-12(20)15-9(2)6-10-7-13-4-5-14-10/h4-5,7-9H,3,6H2,1-2H3,(H2,15,16,20)/t9-/m0/s1. The van der Waals surface area contributed by atoms with Gasteiger partial charge in [0.1, 0.15) is 0 Å². The summed E-state index contributed by atoms with van der Waals surface area (Å²) in [5.41, 5.74) is 0.831. The fourth-order valence-corrected chi connectivity index (χ4v) is 1.69. The van der Waals surface area contributed by atoms with Gasteiger partial charge in [-0.25, -0.2) is 4.79 Å². The van der Waals surface area contributed by atoms with E-state index in [4.69, 9.17) is 0 Å². The second-order valence-electron chi connectivity index (χ2n) is 4.36. The first-order valence-corrected chi connectivity index (χ1v) is 6.40. The molecule has 0 aromatic carbocycles. The lowest BCUT2D eigenvalue weighted by Crippen LogP contribution is -2.37. The highest BCUT2D eigenvalue weighted by Gasteiger charge is 2.10. The van der Waals surface area contributed by atoms with Crippen molar-refractivity contribution in [3.63, 3.8) is 0 Å². The van der Waals surface area contributed by atoms with Crippen molar-refractivity contribution in [2.45, 2.75) is 32.9 Å². The van der Waals surface area contributed by atoms with Gasteiger partial charge in [-0.15, -0.1) is 5.10 Å². The lowest BCUT2D eigenvalue weighted by molar-refractivity contribution is 0.249. The van der Waals surface area contributed by atoms with Crippen LogP contribution in [-0.4, -0.2) is 37.0 Å². The van der Waals surface area contributed by atoms with Crippen LogP contribution in [0.2, 0.25) is 0 Å². The number of aryl methyl sites for hydroxylation is 1. The third-order valence-corrected chi connectivity index (χ3v) is 2.61. The highest BCUT2D eigenvalue weighted by molar-refractivity contribution is 5.88. The van der Waals surface area contributed by atoms with Gasteiger partial charge in [-0.3, -0.25) is 20.0 Å². The van der Waals surface area contributed by atoms with Gasteiger partial charge in [-0.2, -0.15) is 0 Å². The second-order valence-corrected chi connectivity index (χ2v) is 4.36. The molecule has 0 bridgehead atoms. The van der Waals surface area contributed by atoms with Crippen LogP contribution < -0.4 is 10.6 Å². The molecule has 8 heteroatoms. The Bertz CT molecular complexity index is 554. The molecule has 0 aliphatic rings. The maximum Gasteiger partial charge on any atom is 0.320 e. The molecule has 2 aromatic rings. The summed E-state index contributed by atoms with van der Waals surface area (Å²) in [6.07, 6.45) is 7.22. The highest BCUT2D eigenvalue weighted by atomic mass is 16.2. The SMILES string of the molecule is CCn1cc(NC(=O)N[C@@H](C)Cc2cnccn2)nn1. The van der Waals surface area contributed by atoms with E-state index in [0.29, 0.717) is 18.8 Å². The summed E-state index contributed by atoms with van der Waals surface area (Å²) < 4.78 is 1.64. The number of rotatable bonds is 5. The third-order valence-electron chi connectivity index (χ3n) is 2.61. The van der Waals surface area contributed by atoms with Crippen molar-refractivity contribution in [2.24, 2.45) is 0 Å². The van der Waals surface area contributed by atoms with Gasteiger partial charge in [0.05, 0.1) is 11.9 Å². The number of urea groups is 1. The molecule has 0 aliphatic carbocycles. The predicted molar refractivity (Wildman–Crippen MR) is 73.0 cm³/mol. The molecule has 20 heavy (non-hydrogen) atoms. The van der Waals surface area contributed by atoms with Gasteiger partial charge in [0, 0.05) is 37.6 Å². The van der Waals surface area contributed by atoms with E-state index in [-0.39, 0.29) is 12.1 Å². The molecule has 0 spiro atoms. The van der Waals surface area contributed by atoms with E-state index in [1.54, 1.807) is 29.5 Å². The molecule has 1 atom stereocenters. The van der Waals surface area contributed by atoms with E-state index in [1.807, 2.05) is 13.8 Å². The summed E-state index contributed by atoms with van der Waals surface area (Å²) in [5, 5.41) is 13.1. The Balaban J connectivity index is 1.81. The second kappa shape index (κ2) is 6.60. The first kappa shape index (κ1) is 13.9. The molecule has 106 valence electrons. The van der Waals surface area contributed by atoms with Gasteiger partial charge < -0.3 is 5.32 Å². The Morgan fingerprint density at radius 2 is 2.30 bits per heavy atom. The normalized spacial score (nSPS) is 11.9. The third kappa shape index (κ3) is 4.01. The zero-order chi connectivity index (χ0) is 14.4. The Morgan fingerprint density at radius 3 is 2.95 bits per heavy atom. The Hall–Kier alpha value is -2.51. The van der Waals surface area contributed by atoms with Crippen molar-refractivity contribution in [3.05, 3.63) is 30.5 Å². The lowest BCUT2D eigenvalue weighted by atomic mass is 10.2. The van der Waals surface area contributed by atoms with Gasteiger partial charge in [0.2, 0.25) is 0 Å². The van der Waals surface area contributed by atoms with E-state index in [2.05, 4.69) is 30.9 Å². The van der Waals surface area contributed by atoms with Gasteiger partial charge in [0.15, 0.2) is 5.82 Å². The minimum atomic E-state index is -0.315. The maximum atomic E-state index is 11.8. The quantitative estimate of drug-likeness (QED) is 0.842. The fourth-order valence-electron chi connectivity index (χ4n) is 1.69. The number of hydrogen-bond donors (Lipinski definition) is 2. The average Bonchev–Trinajstić information content (AvgIpc) is 2.87. The predicted octanol–water partition coefficient (Wildman–Crippen LogP) is 0.841. The van der Waals surface area contributed by atoms with E-state index in [0.717, 1.165) is 5.69 Å².